The van der Waals surface area contributed by atoms with Gasteiger partial charge in [-0.3, -0.25) is 0 Å². The van der Waals surface area contributed by atoms with Crippen LogP contribution < -0.4 is 4.74 Å². The third-order valence-electron chi connectivity index (χ3n) is 4.14. The molecule has 134 valence electrons. The zero-order valence-corrected chi connectivity index (χ0v) is 15.3. The number of ether oxygens (including phenoxy) is 2. The van der Waals surface area contributed by atoms with Gasteiger partial charge in [-0.25, -0.2) is 9.18 Å². The number of hydrogen-bond donors (Lipinski definition) is 0. The second-order valence-corrected chi connectivity index (χ2v) is 6.09. The van der Waals surface area contributed by atoms with Crippen molar-refractivity contribution < 1.29 is 18.7 Å². The molecule has 2 rings (SSSR count). The molecule has 0 amide bonds. The maximum absolute atomic E-state index is 13.8. The number of carbonyl (C=O) groups is 1. The van der Waals surface area contributed by atoms with Crippen molar-refractivity contribution in [1.82, 2.24) is 0 Å². The second-order valence-electron chi connectivity index (χ2n) is 6.09. The Morgan fingerprint density at radius 2 is 1.88 bits per heavy atom. The summed E-state index contributed by atoms with van der Waals surface area (Å²) in [5, 5.41) is 0. The Bertz CT molecular complexity index is 753. The molecule has 0 aliphatic rings. The van der Waals surface area contributed by atoms with E-state index in [2.05, 4.69) is 0 Å². The highest BCUT2D eigenvalue weighted by Crippen LogP contribution is 2.25. The van der Waals surface area contributed by atoms with E-state index in [-0.39, 0.29) is 18.4 Å². The predicted molar refractivity (Wildman–Crippen MR) is 96.6 cm³/mol. The van der Waals surface area contributed by atoms with Gasteiger partial charge in [0, 0.05) is 11.6 Å². The predicted octanol–water partition coefficient (Wildman–Crippen LogP) is 5.15. The zero-order valence-electron chi connectivity index (χ0n) is 15.3. The fraction of sp³-hybridized carbons (Fsp3) is 0.381. The van der Waals surface area contributed by atoms with Crippen LogP contribution in [0.15, 0.2) is 30.3 Å². The highest BCUT2D eigenvalue weighted by Gasteiger charge is 2.16. The van der Waals surface area contributed by atoms with Gasteiger partial charge in [-0.2, -0.15) is 0 Å². The molecule has 0 saturated carbocycles. The lowest BCUT2D eigenvalue weighted by molar-refractivity contribution is 0.0502. The molecule has 0 aliphatic carbocycles. The number of aryl methyl sites for hydroxylation is 3. The van der Waals surface area contributed by atoms with E-state index in [9.17, 15) is 9.18 Å². The summed E-state index contributed by atoms with van der Waals surface area (Å²) < 4.78 is 24.9. The van der Waals surface area contributed by atoms with Gasteiger partial charge in [-0.1, -0.05) is 26.0 Å². The summed E-state index contributed by atoms with van der Waals surface area (Å²) >= 11 is 0. The van der Waals surface area contributed by atoms with Crippen molar-refractivity contribution in [2.75, 3.05) is 6.61 Å². The number of hydrogen-bond acceptors (Lipinski definition) is 3. The molecule has 0 aliphatic heterocycles. The molecule has 2 aromatic rings. The lowest BCUT2D eigenvalue weighted by Crippen LogP contribution is -2.13. The van der Waals surface area contributed by atoms with E-state index in [4.69, 9.17) is 9.47 Å². The molecule has 0 heterocycles. The zero-order chi connectivity index (χ0) is 18.4. The number of benzene rings is 2. The van der Waals surface area contributed by atoms with Crippen molar-refractivity contribution in [1.29, 1.82) is 0 Å². The maximum Gasteiger partial charge on any atom is 0.338 e. The van der Waals surface area contributed by atoms with E-state index in [0.717, 1.165) is 29.5 Å². The van der Waals surface area contributed by atoms with Crippen LogP contribution in [0.3, 0.4) is 0 Å². The van der Waals surface area contributed by atoms with Crippen molar-refractivity contribution >= 4 is 5.97 Å². The van der Waals surface area contributed by atoms with Gasteiger partial charge in [-0.15, -0.1) is 0 Å². The van der Waals surface area contributed by atoms with Gasteiger partial charge in [0.2, 0.25) is 0 Å². The first-order chi connectivity index (χ1) is 12.0. The van der Waals surface area contributed by atoms with Crippen LogP contribution in [0.4, 0.5) is 4.39 Å². The highest BCUT2D eigenvalue weighted by atomic mass is 19.1. The van der Waals surface area contributed by atoms with Crippen LogP contribution >= 0.6 is 0 Å². The van der Waals surface area contributed by atoms with Crippen LogP contribution in [0.2, 0.25) is 0 Å². The van der Waals surface area contributed by atoms with Crippen LogP contribution in [-0.4, -0.2) is 12.6 Å². The Hall–Kier alpha value is -2.36. The fourth-order valence-electron chi connectivity index (χ4n) is 2.71. The number of rotatable bonds is 7. The number of halogens is 1. The van der Waals surface area contributed by atoms with E-state index >= 15 is 0 Å². The van der Waals surface area contributed by atoms with Gasteiger partial charge in [0.05, 0.1) is 12.2 Å². The molecule has 25 heavy (non-hydrogen) atoms. The quantitative estimate of drug-likeness (QED) is 0.652. The Morgan fingerprint density at radius 1 is 1.12 bits per heavy atom. The average Bonchev–Trinajstić information content (AvgIpc) is 2.61. The summed E-state index contributed by atoms with van der Waals surface area (Å²) in [7, 11) is 0. The average molecular weight is 344 g/mol. The molecule has 4 heteroatoms. The van der Waals surface area contributed by atoms with Crippen LogP contribution in [0.5, 0.6) is 5.75 Å². The van der Waals surface area contributed by atoms with Crippen molar-refractivity contribution in [2.24, 2.45) is 0 Å². The molecule has 0 atom stereocenters. The van der Waals surface area contributed by atoms with E-state index in [1.165, 1.54) is 6.07 Å². The molecule has 0 aromatic heterocycles. The first kappa shape index (κ1) is 19.0. The van der Waals surface area contributed by atoms with Gasteiger partial charge in [-0.05, 0) is 55.5 Å². The van der Waals surface area contributed by atoms with Crippen molar-refractivity contribution in [3.05, 3.63) is 64.0 Å². The standard InChI is InChI=1S/C21H25FO3/c1-5-10-24-21(23)17-9-7-8-16(6-2)18(17)13-25-20-12-19(22)14(3)11-15(20)4/h7-9,11-12H,5-6,10,13H2,1-4H3. The minimum absolute atomic E-state index is 0.198. The molecule has 0 fully saturated rings. The van der Waals surface area contributed by atoms with Crippen molar-refractivity contribution in [3.8, 4) is 5.75 Å². The van der Waals surface area contributed by atoms with Gasteiger partial charge in [0.1, 0.15) is 18.2 Å². The fourth-order valence-corrected chi connectivity index (χ4v) is 2.71. The molecule has 0 N–H and O–H groups in total. The van der Waals surface area contributed by atoms with E-state index in [1.807, 2.05) is 32.9 Å². The summed E-state index contributed by atoms with van der Waals surface area (Å²) in [4.78, 5) is 12.3. The van der Waals surface area contributed by atoms with Crippen LogP contribution in [0.1, 0.15) is 52.9 Å². The summed E-state index contributed by atoms with van der Waals surface area (Å²) in [6, 6.07) is 8.72. The number of esters is 1. The summed E-state index contributed by atoms with van der Waals surface area (Å²) in [5.74, 6) is -0.156. The first-order valence-electron chi connectivity index (χ1n) is 8.65. The van der Waals surface area contributed by atoms with E-state index in [1.54, 1.807) is 19.1 Å². The smallest absolute Gasteiger partial charge is 0.338 e. The van der Waals surface area contributed by atoms with Crippen LogP contribution in [0, 0.1) is 19.7 Å². The monoisotopic (exact) mass is 344 g/mol. The third-order valence-corrected chi connectivity index (χ3v) is 4.14. The Morgan fingerprint density at radius 3 is 2.56 bits per heavy atom. The second kappa shape index (κ2) is 8.65. The maximum atomic E-state index is 13.8. The SMILES string of the molecule is CCCOC(=O)c1cccc(CC)c1COc1cc(F)c(C)cc1C. The van der Waals surface area contributed by atoms with Crippen molar-refractivity contribution in [2.45, 2.75) is 47.1 Å². The normalized spacial score (nSPS) is 10.6. The lowest BCUT2D eigenvalue weighted by atomic mass is 9.99. The summed E-state index contributed by atoms with van der Waals surface area (Å²) in [6.07, 6.45) is 1.54. The van der Waals surface area contributed by atoms with Gasteiger partial charge < -0.3 is 9.47 Å². The molecule has 2 aromatic carbocycles. The van der Waals surface area contributed by atoms with Crippen molar-refractivity contribution in [3.63, 3.8) is 0 Å². The summed E-state index contributed by atoms with van der Waals surface area (Å²) in [6.45, 7) is 8.16. The molecular weight excluding hydrogens is 319 g/mol. The molecule has 0 bridgehead atoms. The minimum Gasteiger partial charge on any atom is -0.488 e. The molecule has 0 unspecified atom stereocenters. The molecule has 0 saturated heterocycles. The van der Waals surface area contributed by atoms with Gasteiger partial charge in [0.15, 0.2) is 0 Å². The lowest BCUT2D eigenvalue weighted by Gasteiger charge is -2.16. The minimum atomic E-state index is -0.345. The first-order valence-corrected chi connectivity index (χ1v) is 8.65. The Kier molecular flexibility index (Phi) is 6.57. The Balaban J connectivity index is 2.29. The third kappa shape index (κ3) is 4.59. The molecule has 0 spiro atoms. The van der Waals surface area contributed by atoms with E-state index < -0.39 is 0 Å². The molecule has 0 radical (unpaired) electrons. The number of carbonyl (C=O) groups excluding carboxylic acids is 1. The molecule has 3 nitrogen and oxygen atoms in total. The van der Waals surface area contributed by atoms with E-state index in [0.29, 0.717) is 23.5 Å². The Labute approximate surface area is 148 Å². The topological polar surface area (TPSA) is 35.5 Å². The van der Waals surface area contributed by atoms with Gasteiger partial charge in [0.25, 0.3) is 0 Å². The summed E-state index contributed by atoms with van der Waals surface area (Å²) in [5.41, 5.74) is 3.78. The van der Waals surface area contributed by atoms with Gasteiger partial charge >= 0.3 is 5.97 Å². The largest absolute Gasteiger partial charge is 0.488 e. The van der Waals surface area contributed by atoms with Crippen LogP contribution in [-0.2, 0) is 17.8 Å². The highest BCUT2D eigenvalue weighted by molar-refractivity contribution is 5.91. The molecular formula is C21H25FO3. The van der Waals surface area contributed by atoms with Crippen LogP contribution in [0.25, 0.3) is 0 Å².